The number of benzene rings is 1. The van der Waals surface area contributed by atoms with Gasteiger partial charge in [0.05, 0.1) is 15.2 Å². The van der Waals surface area contributed by atoms with E-state index in [1.807, 2.05) is 0 Å². The van der Waals surface area contributed by atoms with Crippen molar-refractivity contribution in [2.45, 2.75) is 20.3 Å². The Bertz CT molecular complexity index is 583. The van der Waals surface area contributed by atoms with Gasteiger partial charge in [-0.1, -0.05) is 19.1 Å². The maximum Gasteiger partial charge on any atom is 0.0907 e. The number of nitrogens with zero attached hydrogens (tertiary/aromatic N) is 1. The Morgan fingerprint density at radius 2 is 2.29 bits per heavy atom. The van der Waals surface area contributed by atoms with Gasteiger partial charge in [-0.25, -0.2) is 4.98 Å². The summed E-state index contributed by atoms with van der Waals surface area (Å²) in [5.74, 6) is 0.740. The van der Waals surface area contributed by atoms with E-state index in [9.17, 15) is 0 Å². The van der Waals surface area contributed by atoms with Gasteiger partial charge >= 0.3 is 0 Å². The average Bonchev–Trinajstić information content (AvgIpc) is 2.69. The highest BCUT2D eigenvalue weighted by molar-refractivity contribution is 7.18. The molecule has 17 heavy (non-hydrogen) atoms. The van der Waals surface area contributed by atoms with Gasteiger partial charge in [-0.15, -0.1) is 11.3 Å². The van der Waals surface area contributed by atoms with E-state index in [0.29, 0.717) is 0 Å². The molecule has 2 nitrogen and oxygen atoms in total. The quantitative estimate of drug-likeness (QED) is 0.829. The van der Waals surface area contributed by atoms with Crippen LogP contribution in [0.1, 0.15) is 23.9 Å². The summed E-state index contributed by atoms with van der Waals surface area (Å²) in [6.07, 6.45) is 3.46. The van der Waals surface area contributed by atoms with Crippen LogP contribution >= 0.6 is 11.3 Å². The molecule has 0 fully saturated rings. The summed E-state index contributed by atoms with van der Waals surface area (Å²) >= 11 is 1.76. The Morgan fingerprint density at radius 1 is 1.41 bits per heavy atom. The smallest absolute Gasteiger partial charge is 0.0907 e. The summed E-state index contributed by atoms with van der Waals surface area (Å²) in [6.45, 7) is 5.40. The largest absolute Gasteiger partial charge is 0.385 e. The lowest BCUT2D eigenvalue weighted by atomic mass is 10.0. The van der Waals surface area contributed by atoms with Crippen molar-refractivity contribution < 1.29 is 0 Å². The zero-order valence-corrected chi connectivity index (χ0v) is 11.0. The van der Waals surface area contributed by atoms with Crippen molar-refractivity contribution in [3.8, 4) is 0 Å². The van der Waals surface area contributed by atoms with Gasteiger partial charge in [0.25, 0.3) is 0 Å². The molecule has 0 aliphatic carbocycles. The minimum atomic E-state index is 0.740. The number of hydrogen-bond donors (Lipinski definition) is 1. The van der Waals surface area contributed by atoms with Crippen molar-refractivity contribution in [2.24, 2.45) is 5.92 Å². The van der Waals surface area contributed by atoms with Crippen molar-refractivity contribution in [2.75, 3.05) is 6.54 Å². The molecule has 0 bridgehead atoms. The second-order valence-corrected chi connectivity index (χ2v) is 5.99. The molecule has 0 amide bonds. The molecule has 1 atom stereocenters. The van der Waals surface area contributed by atoms with Crippen molar-refractivity contribution >= 4 is 27.3 Å². The SMILES string of the molecule is Cc1nc2cc(C3=CCC(C)CN3)ccc2s1. The fraction of sp³-hybridized carbons (Fsp3) is 0.357. The molecule has 0 radical (unpaired) electrons. The molecule has 2 aromatic rings. The van der Waals surface area contributed by atoms with E-state index in [1.165, 1.54) is 16.0 Å². The van der Waals surface area contributed by atoms with Crippen LogP contribution in [-0.2, 0) is 0 Å². The molecule has 1 aliphatic rings. The van der Waals surface area contributed by atoms with Crippen molar-refractivity contribution in [3.63, 3.8) is 0 Å². The van der Waals surface area contributed by atoms with Gasteiger partial charge in [-0.2, -0.15) is 0 Å². The number of allylic oxidation sites excluding steroid dienone is 1. The summed E-state index contributed by atoms with van der Waals surface area (Å²) in [4.78, 5) is 4.55. The van der Waals surface area contributed by atoms with Gasteiger partial charge in [-0.3, -0.25) is 0 Å². The van der Waals surface area contributed by atoms with Gasteiger partial charge in [0.2, 0.25) is 0 Å². The molecule has 1 unspecified atom stereocenters. The zero-order chi connectivity index (χ0) is 11.8. The highest BCUT2D eigenvalue weighted by atomic mass is 32.1. The van der Waals surface area contributed by atoms with E-state index in [0.717, 1.165) is 29.4 Å². The second-order valence-electron chi connectivity index (χ2n) is 4.75. The van der Waals surface area contributed by atoms with E-state index in [1.54, 1.807) is 11.3 Å². The van der Waals surface area contributed by atoms with Crippen molar-refractivity contribution in [3.05, 3.63) is 34.8 Å². The number of aromatic nitrogens is 1. The molecule has 88 valence electrons. The fourth-order valence-corrected chi connectivity index (χ4v) is 3.00. The normalized spacial score (nSPS) is 20.1. The first kappa shape index (κ1) is 10.8. The highest BCUT2D eigenvalue weighted by Gasteiger charge is 2.11. The van der Waals surface area contributed by atoms with E-state index < -0.39 is 0 Å². The number of fused-ring (bicyclic) bond motifs is 1. The Morgan fingerprint density at radius 3 is 3.06 bits per heavy atom. The molecule has 1 N–H and O–H groups in total. The predicted molar refractivity (Wildman–Crippen MR) is 74.1 cm³/mol. The molecular weight excluding hydrogens is 228 g/mol. The van der Waals surface area contributed by atoms with Gasteiger partial charge in [0, 0.05) is 12.2 Å². The highest BCUT2D eigenvalue weighted by Crippen LogP contribution is 2.26. The van der Waals surface area contributed by atoms with Crippen LogP contribution in [-0.4, -0.2) is 11.5 Å². The van der Waals surface area contributed by atoms with Crippen LogP contribution in [0.15, 0.2) is 24.3 Å². The van der Waals surface area contributed by atoms with Gasteiger partial charge in [0.15, 0.2) is 0 Å². The first-order valence-corrected chi connectivity index (χ1v) is 6.85. The van der Waals surface area contributed by atoms with Crippen molar-refractivity contribution in [1.82, 2.24) is 10.3 Å². The third kappa shape index (κ3) is 2.07. The summed E-state index contributed by atoms with van der Waals surface area (Å²) in [6, 6.07) is 6.55. The molecule has 0 saturated heterocycles. The molecule has 1 aromatic heterocycles. The van der Waals surface area contributed by atoms with Crippen LogP contribution in [0.25, 0.3) is 15.9 Å². The lowest BCUT2D eigenvalue weighted by Gasteiger charge is -2.20. The van der Waals surface area contributed by atoms with Crippen molar-refractivity contribution in [1.29, 1.82) is 0 Å². The van der Waals surface area contributed by atoms with Gasteiger partial charge in [-0.05, 0) is 37.0 Å². The van der Waals surface area contributed by atoms with E-state index in [2.05, 4.69) is 48.4 Å². The monoisotopic (exact) mass is 244 g/mol. The lowest BCUT2D eigenvalue weighted by molar-refractivity contribution is 0.550. The van der Waals surface area contributed by atoms with E-state index in [4.69, 9.17) is 0 Å². The van der Waals surface area contributed by atoms with Crippen LogP contribution in [0.2, 0.25) is 0 Å². The molecule has 2 heterocycles. The van der Waals surface area contributed by atoms with Crippen LogP contribution in [0.4, 0.5) is 0 Å². The lowest BCUT2D eigenvalue weighted by Crippen LogP contribution is -2.23. The Balaban J connectivity index is 2.00. The first-order valence-electron chi connectivity index (χ1n) is 6.04. The summed E-state index contributed by atoms with van der Waals surface area (Å²) in [5.41, 5.74) is 3.64. The minimum absolute atomic E-state index is 0.740. The molecule has 3 heteroatoms. The Kier molecular flexibility index (Phi) is 2.63. The molecule has 0 spiro atoms. The Hall–Kier alpha value is -1.35. The third-order valence-corrected chi connectivity index (χ3v) is 4.12. The molecule has 1 aromatic carbocycles. The number of aryl methyl sites for hydroxylation is 1. The van der Waals surface area contributed by atoms with E-state index >= 15 is 0 Å². The summed E-state index contributed by atoms with van der Waals surface area (Å²) < 4.78 is 1.27. The Labute approximate surface area is 105 Å². The standard InChI is InChI=1S/C14H16N2S/c1-9-3-5-12(15-8-9)11-4-6-14-13(7-11)16-10(2)17-14/h4-7,9,15H,3,8H2,1-2H3. The van der Waals surface area contributed by atoms with Crippen LogP contribution in [0.5, 0.6) is 0 Å². The number of nitrogens with one attached hydrogen (secondary N) is 1. The average molecular weight is 244 g/mol. The topological polar surface area (TPSA) is 24.9 Å². The molecule has 3 rings (SSSR count). The van der Waals surface area contributed by atoms with Gasteiger partial charge < -0.3 is 5.32 Å². The number of rotatable bonds is 1. The minimum Gasteiger partial charge on any atom is -0.385 e. The predicted octanol–water partition coefficient (Wildman–Crippen LogP) is 3.58. The maximum atomic E-state index is 4.55. The summed E-state index contributed by atoms with van der Waals surface area (Å²) in [7, 11) is 0. The molecule has 0 saturated carbocycles. The third-order valence-electron chi connectivity index (χ3n) is 3.17. The van der Waals surface area contributed by atoms with Crippen LogP contribution in [0.3, 0.4) is 0 Å². The van der Waals surface area contributed by atoms with Gasteiger partial charge in [0.1, 0.15) is 0 Å². The second kappa shape index (κ2) is 4.15. The molecular formula is C14H16N2S. The van der Waals surface area contributed by atoms with Crippen LogP contribution in [0, 0.1) is 12.8 Å². The summed E-state index contributed by atoms with van der Waals surface area (Å²) in [5, 5.41) is 4.63. The maximum absolute atomic E-state index is 4.55. The molecule has 1 aliphatic heterocycles. The van der Waals surface area contributed by atoms with E-state index in [-0.39, 0.29) is 0 Å². The first-order chi connectivity index (χ1) is 8.22. The number of hydrogen-bond acceptors (Lipinski definition) is 3. The number of thiazole rings is 1. The van der Waals surface area contributed by atoms with Crippen LogP contribution < -0.4 is 5.32 Å². The zero-order valence-electron chi connectivity index (χ0n) is 10.2. The fourth-order valence-electron chi connectivity index (χ4n) is 2.19.